The maximum Gasteiger partial charge on any atom is 0.374 e. The van der Waals surface area contributed by atoms with E-state index >= 15 is 0 Å². The summed E-state index contributed by atoms with van der Waals surface area (Å²) in [7, 11) is 0. The summed E-state index contributed by atoms with van der Waals surface area (Å²) in [6.45, 7) is 10.4. The smallest absolute Gasteiger partial charge is 0.374 e. The summed E-state index contributed by atoms with van der Waals surface area (Å²) in [5.74, 6) is 2.88. The second-order valence-corrected chi connectivity index (χ2v) is 13.5. The van der Waals surface area contributed by atoms with Gasteiger partial charge in [0, 0.05) is 22.7 Å². The van der Waals surface area contributed by atoms with Crippen molar-refractivity contribution in [2.75, 3.05) is 11.4 Å². The number of aryl methyl sites for hydroxylation is 1. The molecule has 0 spiro atoms. The summed E-state index contributed by atoms with van der Waals surface area (Å²) in [6.07, 6.45) is 5.96. The van der Waals surface area contributed by atoms with Gasteiger partial charge in [-0.05, 0) is 56.3 Å². The maximum atomic E-state index is 6.12. The Morgan fingerprint density at radius 1 is 0.740 bits per heavy atom. The molecule has 5 aromatic carbocycles. The van der Waals surface area contributed by atoms with E-state index in [1.165, 1.54) is 16.4 Å². The van der Waals surface area contributed by atoms with Crippen LogP contribution in [0, 0.1) is 0 Å². The van der Waals surface area contributed by atoms with Gasteiger partial charge in [-0.1, -0.05) is 134 Å². The lowest BCUT2D eigenvalue weighted by molar-refractivity contribution is -0.674. The normalized spacial score (nSPS) is 14.0. The fraction of sp³-hybridized carbons (Fsp3) is 0.186. The van der Waals surface area contributed by atoms with Crippen LogP contribution in [0.25, 0.3) is 17.2 Å². The molecule has 7 rings (SSSR count). The first kappa shape index (κ1) is 35.1. The van der Waals surface area contributed by atoms with Gasteiger partial charge in [-0.3, -0.25) is 0 Å². The largest absolute Gasteiger partial charge is 0.439 e. The molecule has 0 amide bonds. The molecule has 2 heterocycles. The van der Waals surface area contributed by atoms with Crippen LogP contribution in [-0.4, -0.2) is 12.7 Å². The Kier molecular flexibility index (Phi) is 11.2. The monoisotopic (exact) mass is 700 g/mol. The summed E-state index contributed by atoms with van der Waals surface area (Å²) in [5.41, 5.74) is 7.05. The highest BCUT2D eigenvalue weighted by molar-refractivity contribution is 7.12. The van der Waals surface area contributed by atoms with Crippen molar-refractivity contribution in [1.29, 1.82) is 0 Å². The summed E-state index contributed by atoms with van der Waals surface area (Å²) in [6, 6.07) is 44.4. The SMILES string of the molecule is CCC(C)[B-](c1ccccc1)(c1ccccc1)c1ccccc1.CCN1/C(=C/C=C/c2oc3ccc(Cl)cc3[n+]2CC)Oc2ccc(Cl)cc21. The number of fused-ring (bicyclic) bond motifs is 2. The van der Waals surface area contributed by atoms with Crippen molar-refractivity contribution in [3.05, 3.63) is 161 Å². The Hall–Kier alpha value is -4.71. The third kappa shape index (κ3) is 6.99. The molecule has 0 N–H and O–H groups in total. The molecule has 254 valence electrons. The summed E-state index contributed by atoms with van der Waals surface area (Å²) in [4.78, 5) is 2.08. The molecule has 50 heavy (non-hydrogen) atoms. The van der Waals surface area contributed by atoms with Gasteiger partial charge in [-0.25, -0.2) is 0 Å². The van der Waals surface area contributed by atoms with Crippen molar-refractivity contribution in [1.82, 2.24) is 0 Å². The Morgan fingerprint density at radius 2 is 1.30 bits per heavy atom. The Bertz CT molecular complexity index is 2000. The van der Waals surface area contributed by atoms with Crippen LogP contribution in [0.2, 0.25) is 15.9 Å². The number of anilines is 1. The van der Waals surface area contributed by atoms with Gasteiger partial charge in [-0.15, -0.1) is 0 Å². The number of hydrogen-bond donors (Lipinski definition) is 0. The van der Waals surface area contributed by atoms with Gasteiger partial charge in [0.2, 0.25) is 11.5 Å². The molecule has 1 aliphatic rings. The summed E-state index contributed by atoms with van der Waals surface area (Å²) >= 11 is 12.2. The third-order valence-electron chi connectivity index (χ3n) is 9.97. The zero-order chi connectivity index (χ0) is 35.1. The lowest BCUT2D eigenvalue weighted by Crippen LogP contribution is -2.69. The van der Waals surface area contributed by atoms with E-state index < -0.39 is 6.15 Å². The number of ether oxygens (including phenoxy) is 1. The number of halogens is 2. The predicted molar refractivity (Wildman–Crippen MR) is 213 cm³/mol. The van der Waals surface area contributed by atoms with Crippen molar-refractivity contribution < 1.29 is 13.7 Å². The number of nitrogens with zero attached hydrogens (tertiary/aromatic N) is 2. The van der Waals surface area contributed by atoms with Gasteiger partial charge in [0.15, 0.2) is 5.75 Å². The Balaban J connectivity index is 0.000000175. The molecule has 0 saturated carbocycles. The lowest BCUT2D eigenvalue weighted by atomic mass is 9.10. The molecule has 6 aromatic rings. The van der Waals surface area contributed by atoms with Gasteiger partial charge in [0.25, 0.3) is 5.52 Å². The molecule has 1 atom stereocenters. The fourth-order valence-electron chi connectivity index (χ4n) is 7.45. The number of allylic oxidation sites excluding steroid dienone is 2. The van der Waals surface area contributed by atoms with Crippen molar-refractivity contribution in [3.63, 3.8) is 0 Å². The zero-order valence-electron chi connectivity index (χ0n) is 29.1. The van der Waals surface area contributed by atoms with E-state index in [2.05, 4.69) is 128 Å². The van der Waals surface area contributed by atoms with Crippen molar-refractivity contribution >= 4 is 68.6 Å². The highest BCUT2D eigenvalue weighted by Gasteiger charge is 2.34. The van der Waals surface area contributed by atoms with E-state index in [4.69, 9.17) is 32.4 Å². The van der Waals surface area contributed by atoms with Gasteiger partial charge in [-0.2, -0.15) is 26.8 Å². The number of aromatic nitrogens is 1. The molecular formula is C43H43BCl2N2O2. The van der Waals surface area contributed by atoms with Crippen LogP contribution in [-0.2, 0) is 6.54 Å². The summed E-state index contributed by atoms with van der Waals surface area (Å²) < 4.78 is 14.0. The molecule has 0 aliphatic carbocycles. The average molecular weight is 702 g/mol. The average Bonchev–Trinajstić information content (AvgIpc) is 3.69. The van der Waals surface area contributed by atoms with E-state index in [-0.39, 0.29) is 0 Å². The van der Waals surface area contributed by atoms with Crippen LogP contribution in [0.4, 0.5) is 5.69 Å². The maximum absolute atomic E-state index is 6.12. The van der Waals surface area contributed by atoms with Crippen molar-refractivity contribution in [2.24, 2.45) is 0 Å². The van der Waals surface area contributed by atoms with Crippen molar-refractivity contribution in [2.45, 2.75) is 46.5 Å². The highest BCUT2D eigenvalue weighted by atomic mass is 35.5. The van der Waals surface area contributed by atoms with Crippen LogP contribution in [0.3, 0.4) is 0 Å². The second kappa shape index (κ2) is 15.9. The van der Waals surface area contributed by atoms with Gasteiger partial charge in [0.05, 0.1) is 17.9 Å². The second-order valence-electron chi connectivity index (χ2n) is 12.7. The van der Waals surface area contributed by atoms with E-state index in [9.17, 15) is 0 Å². The first-order valence-electron chi connectivity index (χ1n) is 17.5. The molecule has 1 unspecified atom stereocenters. The highest BCUT2D eigenvalue weighted by Crippen LogP contribution is 2.40. The zero-order valence-corrected chi connectivity index (χ0v) is 30.6. The fourth-order valence-corrected chi connectivity index (χ4v) is 7.78. The molecule has 0 saturated heterocycles. The molecule has 7 heteroatoms. The number of oxazole rings is 1. The third-order valence-corrected chi connectivity index (χ3v) is 10.4. The summed E-state index contributed by atoms with van der Waals surface area (Å²) in [5, 5.41) is 1.38. The van der Waals surface area contributed by atoms with Crippen molar-refractivity contribution in [3.8, 4) is 5.75 Å². The minimum Gasteiger partial charge on any atom is -0.439 e. The predicted octanol–water partition coefficient (Wildman–Crippen LogP) is 9.78. The first-order valence-corrected chi connectivity index (χ1v) is 18.2. The minimum absolute atomic E-state index is 0.558. The molecule has 0 radical (unpaired) electrons. The van der Waals surface area contributed by atoms with Gasteiger partial charge >= 0.3 is 5.89 Å². The topological polar surface area (TPSA) is 29.5 Å². The number of benzene rings is 5. The minimum atomic E-state index is -0.974. The van der Waals surface area contributed by atoms with Gasteiger partial charge in [0.1, 0.15) is 6.54 Å². The lowest BCUT2D eigenvalue weighted by Gasteiger charge is -2.48. The van der Waals surface area contributed by atoms with E-state index in [1.807, 2.05) is 54.6 Å². The number of hydrogen-bond acceptors (Lipinski definition) is 3. The molecule has 4 nitrogen and oxygen atoms in total. The Labute approximate surface area is 306 Å². The van der Waals surface area contributed by atoms with E-state index in [0.717, 1.165) is 53.8 Å². The molecule has 1 aliphatic heterocycles. The standard InChI is InChI=1S/C22H24B.C21H19Cl2N2O2/c1-3-19(2)23(20-13-7-4-8-14-20,21-15-9-5-10-16-21)22-17-11-6-12-18-22;1-3-24-16-12-14(22)8-10-18(16)26-20(24)6-5-7-21-25(4-2)17-13-15(23)9-11-19(17)27-21/h4-19H,3H2,1-2H3;5-13H,3-4H2,1-2H3/q-1;+1. The van der Waals surface area contributed by atoms with Gasteiger partial charge < -0.3 is 14.1 Å². The first-order chi connectivity index (χ1) is 24.4. The molecule has 1 aromatic heterocycles. The van der Waals surface area contributed by atoms with Crippen LogP contribution in [0.15, 0.2) is 150 Å². The number of rotatable bonds is 9. The Morgan fingerprint density at radius 3 is 1.84 bits per heavy atom. The van der Waals surface area contributed by atoms with Crippen LogP contribution in [0.1, 0.15) is 40.0 Å². The van der Waals surface area contributed by atoms with Crippen LogP contribution < -0.4 is 30.6 Å². The van der Waals surface area contributed by atoms with E-state index in [1.54, 1.807) is 0 Å². The molecular weight excluding hydrogens is 658 g/mol. The quantitative estimate of drug-likeness (QED) is 0.111. The van der Waals surface area contributed by atoms with E-state index in [0.29, 0.717) is 15.9 Å². The molecule has 0 bridgehead atoms. The van der Waals surface area contributed by atoms with Crippen LogP contribution in [0.5, 0.6) is 5.75 Å². The molecule has 0 fully saturated rings. The van der Waals surface area contributed by atoms with Crippen LogP contribution >= 0.6 is 23.2 Å².